The average Bonchev–Trinajstić information content (AvgIpc) is 3.15. The number of aromatic nitrogens is 2. The summed E-state index contributed by atoms with van der Waals surface area (Å²) in [6, 6.07) is 0.907. The highest BCUT2D eigenvalue weighted by Gasteiger charge is 2.40. The van der Waals surface area contributed by atoms with Gasteiger partial charge in [0.25, 0.3) is 0 Å². The van der Waals surface area contributed by atoms with Gasteiger partial charge < -0.3 is 9.80 Å². The van der Waals surface area contributed by atoms with E-state index in [1.54, 1.807) is 6.92 Å². The molecule has 2 fully saturated rings. The summed E-state index contributed by atoms with van der Waals surface area (Å²) in [6.45, 7) is 2.88. The van der Waals surface area contributed by atoms with Crippen LogP contribution in [-0.2, 0) is 11.0 Å². The zero-order valence-corrected chi connectivity index (χ0v) is 12.9. The molecular weight excluding hydrogens is 309 g/mol. The molecule has 0 bridgehead atoms. The van der Waals surface area contributed by atoms with Gasteiger partial charge in [-0.25, -0.2) is 9.97 Å². The molecule has 0 spiro atoms. The topological polar surface area (TPSA) is 49.3 Å². The molecule has 2 aliphatic rings. The molecule has 0 aliphatic carbocycles. The Hall–Kier alpha value is -1.86. The standard InChI is InChI=1S/C15H19F3N4O/c1-10(23)21-8-2-4-11(21)12-5-3-9-22(12)14-19-7-6-13(20-14)15(16,17)18/h6-7,11-12H,2-5,8-9H2,1H3/t11-,12-/m0/s1. The van der Waals surface area contributed by atoms with Crippen molar-refractivity contribution in [1.29, 1.82) is 0 Å². The number of amides is 1. The van der Waals surface area contributed by atoms with Crippen molar-refractivity contribution in [2.24, 2.45) is 0 Å². The molecule has 2 saturated heterocycles. The number of rotatable bonds is 2. The lowest BCUT2D eigenvalue weighted by Crippen LogP contribution is -2.48. The molecule has 8 heteroatoms. The molecule has 0 aromatic carbocycles. The molecule has 1 aromatic rings. The second-order valence-electron chi connectivity index (χ2n) is 6.06. The minimum atomic E-state index is -4.48. The van der Waals surface area contributed by atoms with Gasteiger partial charge in [-0.3, -0.25) is 4.79 Å². The number of nitrogens with zero attached hydrogens (tertiary/aromatic N) is 4. The summed E-state index contributed by atoms with van der Waals surface area (Å²) < 4.78 is 38.6. The monoisotopic (exact) mass is 328 g/mol. The Morgan fingerprint density at radius 3 is 2.61 bits per heavy atom. The highest BCUT2D eigenvalue weighted by Crippen LogP contribution is 2.33. The zero-order valence-electron chi connectivity index (χ0n) is 12.9. The van der Waals surface area contributed by atoms with Gasteiger partial charge in [0.2, 0.25) is 11.9 Å². The summed E-state index contributed by atoms with van der Waals surface area (Å²) in [5, 5.41) is 0. The summed E-state index contributed by atoms with van der Waals surface area (Å²) in [6.07, 6.45) is 0.182. The van der Waals surface area contributed by atoms with Crippen LogP contribution in [0.1, 0.15) is 38.3 Å². The van der Waals surface area contributed by atoms with Crippen molar-refractivity contribution in [2.45, 2.75) is 50.9 Å². The van der Waals surface area contributed by atoms with Crippen LogP contribution < -0.4 is 4.90 Å². The highest BCUT2D eigenvalue weighted by atomic mass is 19.4. The third kappa shape index (κ3) is 3.11. The first-order valence-electron chi connectivity index (χ1n) is 7.82. The fourth-order valence-corrected chi connectivity index (χ4v) is 3.67. The molecule has 126 valence electrons. The summed E-state index contributed by atoms with van der Waals surface area (Å²) in [5.41, 5.74) is -0.928. The molecule has 1 amide bonds. The molecule has 5 nitrogen and oxygen atoms in total. The predicted molar refractivity (Wildman–Crippen MR) is 77.8 cm³/mol. The molecule has 2 atom stereocenters. The zero-order chi connectivity index (χ0) is 16.6. The van der Waals surface area contributed by atoms with Crippen LogP contribution >= 0.6 is 0 Å². The molecule has 0 radical (unpaired) electrons. The van der Waals surface area contributed by atoms with Crippen LogP contribution in [0.3, 0.4) is 0 Å². The summed E-state index contributed by atoms with van der Waals surface area (Å²) in [4.78, 5) is 23.2. The third-order valence-electron chi connectivity index (χ3n) is 4.64. The van der Waals surface area contributed by atoms with E-state index in [4.69, 9.17) is 0 Å². The second kappa shape index (κ2) is 5.98. The Kier molecular flexibility index (Phi) is 4.16. The van der Waals surface area contributed by atoms with Crippen molar-refractivity contribution >= 4 is 11.9 Å². The number of likely N-dealkylation sites (tertiary alicyclic amines) is 1. The number of anilines is 1. The van der Waals surface area contributed by atoms with Gasteiger partial charge in [0.1, 0.15) is 5.69 Å². The molecule has 0 unspecified atom stereocenters. The van der Waals surface area contributed by atoms with Gasteiger partial charge in [-0.05, 0) is 31.7 Å². The van der Waals surface area contributed by atoms with Crippen LogP contribution in [0.25, 0.3) is 0 Å². The van der Waals surface area contributed by atoms with Crippen molar-refractivity contribution in [3.63, 3.8) is 0 Å². The fourth-order valence-electron chi connectivity index (χ4n) is 3.67. The average molecular weight is 328 g/mol. The number of halogens is 3. The second-order valence-corrected chi connectivity index (χ2v) is 6.06. The van der Waals surface area contributed by atoms with E-state index in [1.165, 1.54) is 0 Å². The Morgan fingerprint density at radius 1 is 1.22 bits per heavy atom. The molecule has 1 aromatic heterocycles. The largest absolute Gasteiger partial charge is 0.433 e. The van der Waals surface area contributed by atoms with Crippen LogP contribution in [0.4, 0.5) is 19.1 Å². The van der Waals surface area contributed by atoms with E-state index in [0.717, 1.165) is 37.9 Å². The van der Waals surface area contributed by atoms with E-state index in [0.29, 0.717) is 13.1 Å². The normalized spacial score (nSPS) is 25.2. The third-order valence-corrected chi connectivity index (χ3v) is 4.64. The van der Waals surface area contributed by atoms with Crippen molar-refractivity contribution in [2.75, 3.05) is 18.0 Å². The van der Waals surface area contributed by atoms with Crippen molar-refractivity contribution < 1.29 is 18.0 Å². The van der Waals surface area contributed by atoms with E-state index >= 15 is 0 Å². The molecular formula is C15H19F3N4O. The summed E-state index contributed by atoms with van der Waals surface area (Å²) >= 11 is 0. The van der Waals surface area contributed by atoms with Gasteiger partial charge in [0, 0.05) is 26.2 Å². The number of carbonyl (C=O) groups excluding carboxylic acids is 1. The maximum atomic E-state index is 12.9. The Bertz CT molecular complexity index is 592. The van der Waals surface area contributed by atoms with Gasteiger partial charge in [-0.15, -0.1) is 0 Å². The Balaban J connectivity index is 1.86. The number of hydrogen-bond donors (Lipinski definition) is 0. The van der Waals surface area contributed by atoms with Crippen molar-refractivity contribution in [1.82, 2.24) is 14.9 Å². The maximum Gasteiger partial charge on any atom is 0.433 e. The number of hydrogen-bond acceptors (Lipinski definition) is 4. The number of alkyl halides is 3. The minimum Gasteiger partial charge on any atom is -0.338 e. The van der Waals surface area contributed by atoms with Gasteiger partial charge >= 0.3 is 6.18 Å². The van der Waals surface area contributed by atoms with E-state index in [2.05, 4.69) is 9.97 Å². The van der Waals surface area contributed by atoms with Gasteiger partial charge in [-0.1, -0.05) is 0 Å². The molecule has 23 heavy (non-hydrogen) atoms. The van der Waals surface area contributed by atoms with Gasteiger partial charge in [0.05, 0.1) is 12.1 Å². The minimum absolute atomic E-state index is 0.00937. The lowest BCUT2D eigenvalue weighted by molar-refractivity contribution is -0.141. The first-order chi connectivity index (χ1) is 10.9. The quantitative estimate of drug-likeness (QED) is 0.837. The van der Waals surface area contributed by atoms with Gasteiger partial charge in [0.15, 0.2) is 0 Å². The van der Waals surface area contributed by atoms with E-state index in [9.17, 15) is 18.0 Å². The lowest BCUT2D eigenvalue weighted by atomic mass is 10.0. The molecule has 0 saturated carbocycles. The van der Waals surface area contributed by atoms with Crippen LogP contribution in [-0.4, -0.2) is 45.9 Å². The first kappa shape index (κ1) is 16.0. The Morgan fingerprint density at radius 2 is 1.91 bits per heavy atom. The van der Waals surface area contributed by atoms with Crippen molar-refractivity contribution in [3.05, 3.63) is 18.0 Å². The SMILES string of the molecule is CC(=O)N1CCC[C@H]1[C@@H]1CCCN1c1nccc(C(F)(F)F)n1. The summed E-state index contributed by atoms with van der Waals surface area (Å²) in [5.74, 6) is 0.127. The molecule has 0 N–H and O–H groups in total. The molecule has 3 rings (SSSR count). The van der Waals surface area contributed by atoms with Gasteiger partial charge in [-0.2, -0.15) is 13.2 Å². The van der Waals surface area contributed by atoms with Crippen LogP contribution in [0.2, 0.25) is 0 Å². The maximum absolute atomic E-state index is 12.9. The Labute approximate surface area is 132 Å². The predicted octanol–water partition coefficient (Wildman–Crippen LogP) is 2.48. The first-order valence-corrected chi connectivity index (χ1v) is 7.82. The van der Waals surface area contributed by atoms with E-state index in [1.807, 2.05) is 9.80 Å². The van der Waals surface area contributed by atoms with E-state index < -0.39 is 11.9 Å². The fraction of sp³-hybridized carbons (Fsp3) is 0.667. The van der Waals surface area contributed by atoms with Crippen LogP contribution in [0, 0.1) is 0 Å². The van der Waals surface area contributed by atoms with Crippen molar-refractivity contribution in [3.8, 4) is 0 Å². The molecule has 3 heterocycles. The number of carbonyl (C=O) groups is 1. The van der Waals surface area contributed by atoms with E-state index in [-0.39, 0.29) is 23.9 Å². The highest BCUT2D eigenvalue weighted by molar-refractivity contribution is 5.74. The lowest BCUT2D eigenvalue weighted by Gasteiger charge is -2.34. The molecule has 2 aliphatic heterocycles. The smallest absolute Gasteiger partial charge is 0.338 e. The van der Waals surface area contributed by atoms with Crippen LogP contribution in [0.5, 0.6) is 0 Å². The summed E-state index contributed by atoms with van der Waals surface area (Å²) in [7, 11) is 0. The van der Waals surface area contributed by atoms with Crippen LogP contribution in [0.15, 0.2) is 12.3 Å².